The fourth-order valence-electron chi connectivity index (χ4n) is 1.17. The molecule has 4 heteroatoms. The van der Waals surface area contributed by atoms with Crippen molar-refractivity contribution in [3.8, 4) is 0 Å². The molecular weight excluding hydrogens is 193 g/mol. The van der Waals surface area contributed by atoms with Crippen molar-refractivity contribution >= 4 is 0 Å². The molecule has 0 spiro atoms. The van der Waals surface area contributed by atoms with E-state index in [9.17, 15) is 13.2 Å². The number of rotatable bonds is 2. The molecule has 0 fully saturated rings. The summed E-state index contributed by atoms with van der Waals surface area (Å²) in [4.78, 5) is 0. The van der Waals surface area contributed by atoms with Gasteiger partial charge in [0.1, 0.15) is 0 Å². The van der Waals surface area contributed by atoms with Gasteiger partial charge in [-0.3, -0.25) is 0 Å². The highest BCUT2D eigenvalue weighted by Crippen LogP contribution is 2.32. The minimum atomic E-state index is -4.59. The van der Waals surface area contributed by atoms with Crippen LogP contribution in [0.5, 0.6) is 0 Å². The van der Waals surface area contributed by atoms with Crippen LogP contribution in [0, 0.1) is 0 Å². The van der Waals surface area contributed by atoms with E-state index in [1.807, 2.05) is 6.92 Å². The number of aryl methyl sites for hydroxylation is 1. The van der Waals surface area contributed by atoms with Gasteiger partial charge in [-0.05, 0) is 17.5 Å². The standard InChI is InChI=1S/C10H11F3O/c1-2-7-4-3-5-8(6-7)9(14)10(11,12)13/h3-6,9,14H,2H2,1H3. The molecule has 14 heavy (non-hydrogen) atoms. The zero-order valence-electron chi connectivity index (χ0n) is 7.67. The third-order valence-electron chi connectivity index (χ3n) is 1.99. The number of halogens is 3. The first kappa shape index (κ1) is 11.0. The summed E-state index contributed by atoms with van der Waals surface area (Å²) in [5, 5.41) is 8.95. The molecule has 0 aliphatic heterocycles. The fraction of sp³-hybridized carbons (Fsp3) is 0.400. The Morgan fingerprint density at radius 2 is 2.00 bits per heavy atom. The smallest absolute Gasteiger partial charge is 0.379 e. The summed E-state index contributed by atoms with van der Waals surface area (Å²) in [7, 11) is 0. The Kier molecular flexibility index (Phi) is 3.16. The van der Waals surface area contributed by atoms with Gasteiger partial charge in [0, 0.05) is 0 Å². The van der Waals surface area contributed by atoms with Crippen LogP contribution in [0.2, 0.25) is 0 Å². The molecule has 0 saturated carbocycles. The second-order valence-electron chi connectivity index (χ2n) is 3.04. The third kappa shape index (κ3) is 2.48. The van der Waals surface area contributed by atoms with Crippen LogP contribution >= 0.6 is 0 Å². The average molecular weight is 204 g/mol. The number of benzene rings is 1. The van der Waals surface area contributed by atoms with Gasteiger partial charge in [0.15, 0.2) is 6.10 Å². The van der Waals surface area contributed by atoms with Crippen molar-refractivity contribution in [3.05, 3.63) is 35.4 Å². The van der Waals surface area contributed by atoms with Crippen LogP contribution in [0.15, 0.2) is 24.3 Å². The predicted octanol–water partition coefficient (Wildman–Crippen LogP) is 2.84. The average Bonchev–Trinajstić information content (AvgIpc) is 2.15. The van der Waals surface area contributed by atoms with E-state index in [0.29, 0.717) is 6.42 Å². The molecular formula is C10H11F3O. The Balaban J connectivity index is 2.95. The number of hydrogen-bond acceptors (Lipinski definition) is 1. The van der Waals surface area contributed by atoms with E-state index in [0.717, 1.165) is 5.56 Å². The molecule has 1 unspecified atom stereocenters. The summed E-state index contributed by atoms with van der Waals surface area (Å²) >= 11 is 0. The number of aliphatic hydroxyl groups excluding tert-OH is 1. The Bertz CT molecular complexity index is 306. The molecule has 0 aliphatic carbocycles. The van der Waals surface area contributed by atoms with Gasteiger partial charge < -0.3 is 5.11 Å². The van der Waals surface area contributed by atoms with Crippen LogP contribution in [0.3, 0.4) is 0 Å². The first-order valence-electron chi connectivity index (χ1n) is 4.28. The van der Waals surface area contributed by atoms with Gasteiger partial charge in [-0.15, -0.1) is 0 Å². The Morgan fingerprint density at radius 1 is 1.36 bits per heavy atom. The molecule has 0 aromatic heterocycles. The van der Waals surface area contributed by atoms with Gasteiger partial charge in [0.05, 0.1) is 0 Å². The Hall–Kier alpha value is -1.03. The summed E-state index contributed by atoms with van der Waals surface area (Å²) in [6, 6.07) is 5.89. The Morgan fingerprint density at radius 3 is 2.50 bits per heavy atom. The van der Waals surface area contributed by atoms with Gasteiger partial charge in [-0.1, -0.05) is 31.2 Å². The Labute approximate surface area is 80.2 Å². The fourth-order valence-corrected chi connectivity index (χ4v) is 1.17. The van der Waals surface area contributed by atoms with Crippen LogP contribution in [0.4, 0.5) is 13.2 Å². The molecule has 1 nitrogen and oxygen atoms in total. The van der Waals surface area contributed by atoms with E-state index < -0.39 is 12.3 Å². The van der Waals surface area contributed by atoms with E-state index in [-0.39, 0.29) is 5.56 Å². The zero-order valence-corrected chi connectivity index (χ0v) is 7.67. The normalized spacial score (nSPS) is 14.1. The number of aliphatic hydroxyl groups is 1. The summed E-state index contributed by atoms with van der Waals surface area (Å²) in [5.74, 6) is 0. The minimum Gasteiger partial charge on any atom is -0.379 e. The molecule has 1 aromatic rings. The van der Waals surface area contributed by atoms with Gasteiger partial charge in [-0.25, -0.2) is 0 Å². The van der Waals surface area contributed by atoms with Crippen LogP contribution in [-0.4, -0.2) is 11.3 Å². The van der Waals surface area contributed by atoms with Crippen molar-refractivity contribution in [2.75, 3.05) is 0 Å². The zero-order chi connectivity index (χ0) is 10.8. The van der Waals surface area contributed by atoms with Gasteiger partial charge in [0.2, 0.25) is 0 Å². The van der Waals surface area contributed by atoms with Crippen LogP contribution in [0.25, 0.3) is 0 Å². The van der Waals surface area contributed by atoms with Gasteiger partial charge in [-0.2, -0.15) is 13.2 Å². The molecule has 1 rings (SSSR count). The first-order valence-corrected chi connectivity index (χ1v) is 4.28. The van der Waals surface area contributed by atoms with E-state index in [2.05, 4.69) is 0 Å². The monoisotopic (exact) mass is 204 g/mol. The van der Waals surface area contributed by atoms with E-state index >= 15 is 0 Å². The number of alkyl halides is 3. The molecule has 0 saturated heterocycles. The highest BCUT2D eigenvalue weighted by atomic mass is 19.4. The van der Waals surface area contributed by atoms with Gasteiger partial charge in [0.25, 0.3) is 0 Å². The second-order valence-corrected chi connectivity index (χ2v) is 3.04. The predicted molar refractivity (Wildman–Crippen MR) is 46.8 cm³/mol. The molecule has 1 atom stereocenters. The number of hydrogen-bond donors (Lipinski definition) is 1. The van der Waals surface area contributed by atoms with Gasteiger partial charge >= 0.3 is 6.18 Å². The molecule has 0 amide bonds. The molecule has 1 aromatic carbocycles. The molecule has 0 radical (unpaired) electrons. The van der Waals surface area contributed by atoms with Crippen LogP contribution in [-0.2, 0) is 6.42 Å². The van der Waals surface area contributed by atoms with Crippen LogP contribution in [0.1, 0.15) is 24.2 Å². The molecule has 1 N–H and O–H groups in total. The largest absolute Gasteiger partial charge is 0.418 e. The molecule has 0 heterocycles. The lowest BCUT2D eigenvalue weighted by Gasteiger charge is -2.15. The highest BCUT2D eigenvalue weighted by Gasteiger charge is 2.39. The van der Waals surface area contributed by atoms with Crippen molar-refractivity contribution in [1.29, 1.82) is 0 Å². The van der Waals surface area contributed by atoms with E-state index in [4.69, 9.17) is 5.11 Å². The summed E-state index contributed by atoms with van der Waals surface area (Å²) in [6.45, 7) is 1.85. The summed E-state index contributed by atoms with van der Waals surface area (Å²) in [5.41, 5.74) is 0.683. The van der Waals surface area contributed by atoms with Crippen molar-refractivity contribution in [2.24, 2.45) is 0 Å². The van der Waals surface area contributed by atoms with Crippen LogP contribution < -0.4 is 0 Å². The third-order valence-corrected chi connectivity index (χ3v) is 1.99. The van der Waals surface area contributed by atoms with Crippen molar-refractivity contribution in [1.82, 2.24) is 0 Å². The lowest BCUT2D eigenvalue weighted by Crippen LogP contribution is -2.20. The summed E-state index contributed by atoms with van der Waals surface area (Å²) < 4.78 is 36.4. The second kappa shape index (κ2) is 4.00. The highest BCUT2D eigenvalue weighted by molar-refractivity contribution is 5.25. The topological polar surface area (TPSA) is 20.2 Å². The van der Waals surface area contributed by atoms with E-state index in [1.165, 1.54) is 18.2 Å². The lowest BCUT2D eigenvalue weighted by molar-refractivity contribution is -0.206. The maximum Gasteiger partial charge on any atom is 0.418 e. The lowest BCUT2D eigenvalue weighted by atomic mass is 10.0. The molecule has 0 bridgehead atoms. The van der Waals surface area contributed by atoms with Crippen molar-refractivity contribution < 1.29 is 18.3 Å². The van der Waals surface area contributed by atoms with Crippen molar-refractivity contribution in [3.63, 3.8) is 0 Å². The quantitative estimate of drug-likeness (QED) is 0.785. The van der Waals surface area contributed by atoms with E-state index in [1.54, 1.807) is 6.07 Å². The maximum atomic E-state index is 12.1. The maximum absolute atomic E-state index is 12.1. The molecule has 0 aliphatic rings. The first-order chi connectivity index (χ1) is 6.45. The van der Waals surface area contributed by atoms with Crippen molar-refractivity contribution in [2.45, 2.75) is 25.6 Å². The summed E-state index contributed by atoms with van der Waals surface area (Å²) in [6.07, 6.45) is -6.32. The minimum absolute atomic E-state index is 0.100. The SMILES string of the molecule is CCc1cccc(C(O)C(F)(F)F)c1. The molecule has 78 valence electrons.